The third kappa shape index (κ3) is 5.20. The molecule has 3 atom stereocenters. The molecule has 6 nitrogen and oxygen atoms in total. The van der Waals surface area contributed by atoms with Gasteiger partial charge in [-0.25, -0.2) is 9.18 Å². The number of likely N-dealkylation sites (N-methyl/N-ethyl adjacent to an activating group) is 1. The van der Waals surface area contributed by atoms with E-state index in [1.807, 2.05) is 0 Å². The third-order valence-corrected chi connectivity index (χ3v) is 4.93. The smallest absolute Gasteiger partial charge is 0.353 e. The highest BCUT2D eigenvalue weighted by Gasteiger charge is 2.43. The van der Waals surface area contributed by atoms with Crippen molar-refractivity contribution < 1.29 is 23.8 Å². The Balaban J connectivity index is 3.47. The van der Waals surface area contributed by atoms with Crippen LogP contribution in [0.25, 0.3) is 0 Å². The standard InChI is InChI=1S/C19H33FN2O4/c1-9-19(6,20)12(2)22(13(3)26-18(4,5)25-8)16(14-10-11-14)15(21-7)17(23)24/h9,12-14,21H,1,10-11H2,2-8H3,(H,23,24)/b16-15-. The van der Waals surface area contributed by atoms with Gasteiger partial charge in [-0.05, 0) is 47.5 Å². The largest absolute Gasteiger partial charge is 0.477 e. The maximum absolute atomic E-state index is 15.1. The molecule has 7 heteroatoms. The number of nitrogens with one attached hydrogen (secondary N) is 1. The minimum absolute atomic E-state index is 0.0494. The second kappa shape index (κ2) is 8.39. The molecule has 2 N–H and O–H groups in total. The van der Waals surface area contributed by atoms with Crippen LogP contribution in [0.3, 0.4) is 0 Å². The van der Waals surface area contributed by atoms with Gasteiger partial charge in [-0.15, -0.1) is 0 Å². The number of alkyl halides is 1. The number of nitrogens with zero attached hydrogens (tertiary/aromatic N) is 1. The number of halogens is 1. The zero-order chi connectivity index (χ0) is 20.3. The van der Waals surface area contributed by atoms with Gasteiger partial charge in [-0.2, -0.15) is 0 Å². The van der Waals surface area contributed by atoms with E-state index in [4.69, 9.17) is 9.47 Å². The summed E-state index contributed by atoms with van der Waals surface area (Å²) in [5.74, 6) is -1.94. The van der Waals surface area contributed by atoms with E-state index in [1.165, 1.54) is 20.1 Å². The molecular weight excluding hydrogens is 339 g/mol. The van der Waals surface area contributed by atoms with Gasteiger partial charge in [0.05, 0.1) is 6.04 Å². The van der Waals surface area contributed by atoms with Crippen molar-refractivity contribution in [3.63, 3.8) is 0 Å². The van der Waals surface area contributed by atoms with Crippen LogP contribution in [-0.4, -0.2) is 53.9 Å². The van der Waals surface area contributed by atoms with Gasteiger partial charge < -0.3 is 24.8 Å². The first-order chi connectivity index (χ1) is 11.9. The number of carboxylic acids is 1. The van der Waals surface area contributed by atoms with Gasteiger partial charge in [0.1, 0.15) is 17.6 Å². The van der Waals surface area contributed by atoms with Gasteiger partial charge in [0, 0.05) is 25.8 Å². The molecule has 0 saturated heterocycles. The molecule has 0 bridgehead atoms. The molecule has 0 heterocycles. The summed E-state index contributed by atoms with van der Waals surface area (Å²) in [6, 6.07) is -0.694. The minimum Gasteiger partial charge on any atom is -0.477 e. The van der Waals surface area contributed by atoms with Crippen LogP contribution < -0.4 is 5.32 Å². The Labute approximate surface area is 156 Å². The molecular formula is C19H33FN2O4. The fourth-order valence-corrected chi connectivity index (χ4v) is 2.92. The fourth-order valence-electron chi connectivity index (χ4n) is 2.92. The molecule has 0 amide bonds. The van der Waals surface area contributed by atoms with Crippen LogP contribution in [0, 0.1) is 5.92 Å². The lowest BCUT2D eigenvalue weighted by Crippen LogP contribution is -2.53. The van der Waals surface area contributed by atoms with Gasteiger partial charge in [0.25, 0.3) is 0 Å². The van der Waals surface area contributed by atoms with E-state index in [0.717, 1.165) is 12.8 Å². The summed E-state index contributed by atoms with van der Waals surface area (Å²) >= 11 is 0. The number of hydrogen-bond donors (Lipinski definition) is 2. The Morgan fingerprint density at radius 3 is 2.27 bits per heavy atom. The molecule has 0 aromatic heterocycles. The van der Waals surface area contributed by atoms with Gasteiger partial charge in [-0.3, -0.25) is 0 Å². The second-order valence-electron chi connectivity index (χ2n) is 7.35. The summed E-state index contributed by atoms with van der Waals surface area (Å²) in [5.41, 5.74) is -1.13. The lowest BCUT2D eigenvalue weighted by Gasteiger charge is -2.44. The van der Waals surface area contributed by atoms with Crippen molar-refractivity contribution in [3.8, 4) is 0 Å². The first-order valence-corrected chi connectivity index (χ1v) is 8.90. The first-order valence-electron chi connectivity index (χ1n) is 8.90. The molecule has 0 aromatic rings. The number of aliphatic carboxylic acids is 1. The van der Waals surface area contributed by atoms with E-state index < -0.39 is 29.7 Å². The highest BCUT2D eigenvalue weighted by Crippen LogP contribution is 2.43. The molecule has 1 aliphatic rings. The van der Waals surface area contributed by atoms with E-state index in [0.29, 0.717) is 5.70 Å². The molecule has 1 saturated carbocycles. The molecule has 0 radical (unpaired) electrons. The number of carbonyl (C=O) groups is 1. The van der Waals surface area contributed by atoms with Crippen molar-refractivity contribution in [2.45, 2.75) is 71.2 Å². The number of allylic oxidation sites excluding steroid dienone is 1. The summed E-state index contributed by atoms with van der Waals surface area (Å²) in [7, 11) is 3.08. The van der Waals surface area contributed by atoms with E-state index in [2.05, 4.69) is 11.9 Å². The molecule has 1 fully saturated rings. The van der Waals surface area contributed by atoms with Crippen molar-refractivity contribution in [1.29, 1.82) is 0 Å². The van der Waals surface area contributed by atoms with Crippen LogP contribution in [0.15, 0.2) is 24.0 Å². The normalized spacial score (nSPS) is 20.5. The molecule has 26 heavy (non-hydrogen) atoms. The molecule has 1 rings (SSSR count). The Kier molecular flexibility index (Phi) is 7.24. The van der Waals surface area contributed by atoms with Crippen LogP contribution in [0.5, 0.6) is 0 Å². The molecule has 3 unspecified atom stereocenters. The molecule has 0 spiro atoms. The average molecular weight is 372 g/mol. The Bertz CT molecular complexity index is 556. The molecule has 150 valence electrons. The number of rotatable bonds is 11. The van der Waals surface area contributed by atoms with Crippen LogP contribution in [0.4, 0.5) is 4.39 Å². The summed E-state index contributed by atoms with van der Waals surface area (Å²) in [6.07, 6.45) is 2.33. The lowest BCUT2D eigenvalue weighted by molar-refractivity contribution is -0.251. The second-order valence-corrected chi connectivity index (χ2v) is 7.35. The van der Waals surface area contributed by atoms with Gasteiger partial charge in [0.15, 0.2) is 5.79 Å². The zero-order valence-electron chi connectivity index (χ0n) is 16.9. The predicted molar refractivity (Wildman–Crippen MR) is 99.1 cm³/mol. The highest BCUT2D eigenvalue weighted by atomic mass is 19.1. The topological polar surface area (TPSA) is 71.0 Å². The first kappa shape index (κ1) is 22.4. The summed E-state index contributed by atoms with van der Waals surface area (Å²) < 4.78 is 26.4. The summed E-state index contributed by atoms with van der Waals surface area (Å²) in [5, 5.41) is 12.4. The Hall–Kier alpha value is -1.60. The number of hydrogen-bond acceptors (Lipinski definition) is 5. The van der Waals surface area contributed by atoms with E-state index in [-0.39, 0.29) is 11.6 Å². The van der Waals surface area contributed by atoms with Crippen molar-refractivity contribution in [2.75, 3.05) is 14.2 Å². The van der Waals surface area contributed by atoms with Crippen molar-refractivity contribution >= 4 is 5.97 Å². The molecule has 0 aliphatic heterocycles. The van der Waals surface area contributed by atoms with Crippen molar-refractivity contribution in [2.24, 2.45) is 5.92 Å². The van der Waals surface area contributed by atoms with Crippen LogP contribution >= 0.6 is 0 Å². The maximum atomic E-state index is 15.1. The summed E-state index contributed by atoms with van der Waals surface area (Å²) in [4.78, 5) is 13.5. The third-order valence-electron chi connectivity index (χ3n) is 4.93. The molecule has 0 aromatic carbocycles. The van der Waals surface area contributed by atoms with Crippen molar-refractivity contribution in [1.82, 2.24) is 10.2 Å². The number of carboxylic acid groups (broad SMARTS) is 1. The maximum Gasteiger partial charge on any atom is 0.353 e. The van der Waals surface area contributed by atoms with Gasteiger partial charge in [-0.1, -0.05) is 12.7 Å². The number of ether oxygens (including phenoxy) is 2. The fraction of sp³-hybridized carbons (Fsp3) is 0.737. The SMILES string of the molecule is C=CC(C)(F)C(C)N(/C(=C(\NC)C(=O)O)C1CC1)C(C)OC(C)(C)OC. The lowest BCUT2D eigenvalue weighted by atomic mass is 9.96. The van der Waals surface area contributed by atoms with Crippen molar-refractivity contribution in [3.05, 3.63) is 24.0 Å². The highest BCUT2D eigenvalue weighted by molar-refractivity contribution is 5.86. The average Bonchev–Trinajstić information content (AvgIpc) is 3.38. The van der Waals surface area contributed by atoms with E-state index in [1.54, 1.807) is 39.6 Å². The van der Waals surface area contributed by atoms with Crippen LogP contribution in [0.1, 0.15) is 47.5 Å². The quantitative estimate of drug-likeness (QED) is 0.330. The van der Waals surface area contributed by atoms with Crippen LogP contribution in [-0.2, 0) is 14.3 Å². The Morgan fingerprint density at radius 1 is 1.38 bits per heavy atom. The monoisotopic (exact) mass is 372 g/mol. The van der Waals surface area contributed by atoms with Gasteiger partial charge >= 0.3 is 5.97 Å². The zero-order valence-corrected chi connectivity index (χ0v) is 16.9. The minimum atomic E-state index is -1.74. The summed E-state index contributed by atoms with van der Waals surface area (Å²) in [6.45, 7) is 12.0. The number of methoxy groups -OCH3 is 1. The molecule has 1 aliphatic carbocycles. The predicted octanol–water partition coefficient (Wildman–Crippen LogP) is 3.26. The van der Waals surface area contributed by atoms with Crippen LogP contribution in [0.2, 0.25) is 0 Å². The van der Waals surface area contributed by atoms with E-state index >= 15 is 4.39 Å². The van der Waals surface area contributed by atoms with Gasteiger partial charge in [0.2, 0.25) is 0 Å². The van der Waals surface area contributed by atoms with E-state index in [9.17, 15) is 9.90 Å². The Morgan fingerprint density at radius 2 is 1.92 bits per heavy atom.